The lowest BCUT2D eigenvalue weighted by Gasteiger charge is -2.22. The van der Waals surface area contributed by atoms with Crippen molar-refractivity contribution in [3.63, 3.8) is 0 Å². The van der Waals surface area contributed by atoms with E-state index in [2.05, 4.69) is 15.5 Å². The molecule has 6 heteroatoms. The molecule has 1 aliphatic rings. The zero-order chi connectivity index (χ0) is 17.6. The summed E-state index contributed by atoms with van der Waals surface area (Å²) in [7, 11) is 1.60. The number of hydrogen-bond acceptors (Lipinski definition) is 4. The molecule has 1 aromatic heterocycles. The number of carbonyl (C=O) groups is 1. The number of ether oxygens (including phenoxy) is 1. The lowest BCUT2D eigenvalue weighted by Crippen LogP contribution is -2.35. The van der Waals surface area contributed by atoms with Gasteiger partial charge in [-0.25, -0.2) is 4.79 Å². The number of amides is 2. The summed E-state index contributed by atoms with van der Waals surface area (Å²) < 4.78 is 10.8. The number of urea groups is 1. The van der Waals surface area contributed by atoms with Gasteiger partial charge >= 0.3 is 6.03 Å². The van der Waals surface area contributed by atoms with Crippen molar-refractivity contribution in [1.82, 2.24) is 5.32 Å². The predicted molar refractivity (Wildman–Crippen MR) is 98.1 cm³/mol. The Balaban J connectivity index is 1.69. The number of rotatable bonds is 6. The van der Waals surface area contributed by atoms with Crippen molar-refractivity contribution < 1.29 is 13.9 Å². The number of anilines is 2. The van der Waals surface area contributed by atoms with Crippen LogP contribution in [0.15, 0.2) is 40.8 Å². The van der Waals surface area contributed by atoms with Crippen LogP contribution in [0.1, 0.15) is 30.4 Å². The molecule has 2 N–H and O–H groups in total. The number of methoxy groups -OCH3 is 1. The molecule has 6 nitrogen and oxygen atoms in total. The molecule has 1 saturated heterocycles. The number of aryl methyl sites for hydroxylation is 1. The summed E-state index contributed by atoms with van der Waals surface area (Å²) in [5.74, 6) is 1.49. The molecule has 25 heavy (non-hydrogen) atoms. The van der Waals surface area contributed by atoms with Gasteiger partial charge < -0.3 is 24.7 Å². The van der Waals surface area contributed by atoms with Crippen molar-refractivity contribution in [2.24, 2.45) is 0 Å². The van der Waals surface area contributed by atoms with Gasteiger partial charge in [0.05, 0.1) is 18.0 Å². The lowest BCUT2D eigenvalue weighted by atomic mass is 10.2. The Morgan fingerprint density at radius 3 is 2.68 bits per heavy atom. The molecule has 2 heterocycles. The summed E-state index contributed by atoms with van der Waals surface area (Å²) in [6.07, 6.45) is 2.38. The van der Waals surface area contributed by atoms with Gasteiger partial charge in [0, 0.05) is 20.2 Å². The van der Waals surface area contributed by atoms with Crippen LogP contribution in [0.25, 0.3) is 0 Å². The Labute approximate surface area is 148 Å². The molecule has 0 spiro atoms. The smallest absolute Gasteiger partial charge is 0.319 e. The summed E-state index contributed by atoms with van der Waals surface area (Å²) in [4.78, 5) is 14.8. The molecular formula is C19H25N3O3. The van der Waals surface area contributed by atoms with Gasteiger partial charge in [0.25, 0.3) is 0 Å². The molecule has 3 rings (SSSR count). The Morgan fingerprint density at radius 2 is 2.00 bits per heavy atom. The second-order valence-corrected chi connectivity index (χ2v) is 6.27. The van der Waals surface area contributed by atoms with E-state index in [0.717, 1.165) is 30.2 Å². The first-order valence-corrected chi connectivity index (χ1v) is 8.64. The molecule has 2 amide bonds. The Kier molecular flexibility index (Phi) is 5.60. The highest BCUT2D eigenvalue weighted by Gasteiger charge is 2.20. The summed E-state index contributed by atoms with van der Waals surface area (Å²) in [6, 6.07) is 11.0. The maximum absolute atomic E-state index is 12.5. The number of furan rings is 1. The summed E-state index contributed by atoms with van der Waals surface area (Å²) in [6.45, 7) is 4.27. The molecule has 134 valence electrons. The Morgan fingerprint density at radius 1 is 1.24 bits per heavy atom. The third-order valence-corrected chi connectivity index (χ3v) is 4.34. The molecule has 1 aliphatic heterocycles. The van der Waals surface area contributed by atoms with Crippen molar-refractivity contribution in [2.45, 2.75) is 25.8 Å². The molecule has 1 atom stereocenters. The lowest BCUT2D eigenvalue weighted by molar-refractivity contribution is 0.158. The normalized spacial score (nSPS) is 15.2. The highest BCUT2D eigenvalue weighted by molar-refractivity contribution is 5.93. The highest BCUT2D eigenvalue weighted by atomic mass is 16.5. The van der Waals surface area contributed by atoms with Gasteiger partial charge in [-0.3, -0.25) is 0 Å². The van der Waals surface area contributed by atoms with E-state index in [4.69, 9.17) is 9.15 Å². The van der Waals surface area contributed by atoms with E-state index < -0.39 is 0 Å². The van der Waals surface area contributed by atoms with Crippen molar-refractivity contribution in [3.05, 3.63) is 47.9 Å². The molecule has 1 aromatic carbocycles. The van der Waals surface area contributed by atoms with Gasteiger partial charge in [0.1, 0.15) is 17.6 Å². The van der Waals surface area contributed by atoms with Gasteiger partial charge in [-0.2, -0.15) is 0 Å². The fourth-order valence-corrected chi connectivity index (χ4v) is 3.13. The molecule has 0 aliphatic carbocycles. The van der Waals surface area contributed by atoms with E-state index in [1.165, 1.54) is 12.8 Å². The van der Waals surface area contributed by atoms with E-state index in [1.54, 1.807) is 7.11 Å². The topological polar surface area (TPSA) is 66.7 Å². The van der Waals surface area contributed by atoms with Gasteiger partial charge in [-0.05, 0) is 44.0 Å². The zero-order valence-corrected chi connectivity index (χ0v) is 14.7. The summed E-state index contributed by atoms with van der Waals surface area (Å²) in [5.41, 5.74) is 1.88. The quantitative estimate of drug-likeness (QED) is 0.839. The third kappa shape index (κ3) is 4.33. The van der Waals surface area contributed by atoms with Crippen LogP contribution in [0.3, 0.4) is 0 Å². The second kappa shape index (κ2) is 8.07. The van der Waals surface area contributed by atoms with Crippen molar-refractivity contribution in [2.75, 3.05) is 37.0 Å². The number of para-hydroxylation sites is 2. The first kappa shape index (κ1) is 17.4. The zero-order valence-electron chi connectivity index (χ0n) is 14.7. The molecule has 0 unspecified atom stereocenters. The van der Waals surface area contributed by atoms with Crippen molar-refractivity contribution in [1.29, 1.82) is 0 Å². The molecule has 2 aromatic rings. The number of nitrogens with one attached hydrogen (secondary N) is 2. The minimum Gasteiger partial charge on any atom is -0.464 e. The highest BCUT2D eigenvalue weighted by Crippen LogP contribution is 2.28. The first-order valence-electron chi connectivity index (χ1n) is 8.64. The first-order chi connectivity index (χ1) is 12.2. The minimum absolute atomic E-state index is 0.275. The molecular weight excluding hydrogens is 318 g/mol. The fourth-order valence-electron chi connectivity index (χ4n) is 3.13. The maximum Gasteiger partial charge on any atom is 0.319 e. The van der Waals surface area contributed by atoms with Crippen LogP contribution in [-0.4, -0.2) is 32.8 Å². The number of nitrogens with zero attached hydrogens (tertiary/aromatic N) is 1. The Hall–Kier alpha value is -2.47. The fraction of sp³-hybridized carbons (Fsp3) is 0.421. The molecule has 0 radical (unpaired) electrons. The number of carbonyl (C=O) groups excluding carboxylic acids is 1. The van der Waals surface area contributed by atoms with Gasteiger partial charge in [0.2, 0.25) is 0 Å². The average molecular weight is 343 g/mol. The second-order valence-electron chi connectivity index (χ2n) is 6.27. The minimum atomic E-state index is -0.336. The van der Waals surface area contributed by atoms with Crippen LogP contribution in [0, 0.1) is 6.92 Å². The van der Waals surface area contributed by atoms with E-state index in [0.29, 0.717) is 12.4 Å². The van der Waals surface area contributed by atoms with Crippen LogP contribution in [0.5, 0.6) is 0 Å². The van der Waals surface area contributed by atoms with Gasteiger partial charge in [0.15, 0.2) is 0 Å². The molecule has 0 bridgehead atoms. The van der Waals surface area contributed by atoms with Crippen LogP contribution < -0.4 is 15.5 Å². The summed E-state index contributed by atoms with van der Waals surface area (Å²) >= 11 is 0. The average Bonchev–Trinajstić information content (AvgIpc) is 3.26. The van der Waals surface area contributed by atoms with E-state index in [-0.39, 0.29) is 12.1 Å². The van der Waals surface area contributed by atoms with Crippen molar-refractivity contribution in [3.8, 4) is 0 Å². The van der Waals surface area contributed by atoms with Crippen molar-refractivity contribution >= 4 is 17.4 Å². The Bertz CT molecular complexity index is 707. The van der Waals surface area contributed by atoms with Crippen LogP contribution in [-0.2, 0) is 4.74 Å². The molecule has 1 fully saturated rings. The number of hydrogen-bond donors (Lipinski definition) is 2. The van der Waals surface area contributed by atoms with Crippen LogP contribution >= 0.6 is 0 Å². The van der Waals surface area contributed by atoms with E-state index in [1.807, 2.05) is 43.3 Å². The third-order valence-electron chi connectivity index (χ3n) is 4.34. The SMILES string of the molecule is COC[C@H](NC(=O)Nc1ccccc1N1CCCC1)c1ccc(C)o1. The predicted octanol–water partition coefficient (Wildman–Crippen LogP) is 3.70. The van der Waals surface area contributed by atoms with E-state index in [9.17, 15) is 4.79 Å². The number of benzene rings is 1. The van der Waals surface area contributed by atoms with Crippen LogP contribution in [0.2, 0.25) is 0 Å². The van der Waals surface area contributed by atoms with Crippen LogP contribution in [0.4, 0.5) is 16.2 Å². The monoisotopic (exact) mass is 343 g/mol. The maximum atomic E-state index is 12.5. The largest absolute Gasteiger partial charge is 0.464 e. The molecule has 0 saturated carbocycles. The van der Waals surface area contributed by atoms with Gasteiger partial charge in [-0.1, -0.05) is 12.1 Å². The van der Waals surface area contributed by atoms with E-state index >= 15 is 0 Å². The van der Waals surface area contributed by atoms with Gasteiger partial charge in [-0.15, -0.1) is 0 Å². The standard InChI is InChI=1S/C19H25N3O3/c1-14-9-10-18(25-14)16(13-24-2)21-19(23)20-15-7-3-4-8-17(15)22-11-5-6-12-22/h3-4,7-10,16H,5-6,11-13H2,1-2H3,(H2,20,21,23)/t16-/m0/s1. The summed E-state index contributed by atoms with van der Waals surface area (Å²) in [5, 5.41) is 5.89.